The molecule has 0 aliphatic carbocycles. The molecular weight excluding hydrogens is 470 g/mol. The van der Waals surface area contributed by atoms with Gasteiger partial charge in [0.1, 0.15) is 24.7 Å². The summed E-state index contributed by atoms with van der Waals surface area (Å²) in [6.07, 6.45) is -0.236. The number of halogens is 2. The molecule has 0 radical (unpaired) electrons. The van der Waals surface area contributed by atoms with E-state index in [4.69, 9.17) is 0 Å². The van der Waals surface area contributed by atoms with Gasteiger partial charge >= 0.3 is 0 Å². The summed E-state index contributed by atoms with van der Waals surface area (Å²) in [5.41, 5.74) is 2.48. The first-order valence-corrected chi connectivity index (χ1v) is 11.9. The van der Waals surface area contributed by atoms with E-state index in [0.717, 1.165) is 35.1 Å². The van der Waals surface area contributed by atoms with Crippen LogP contribution >= 0.6 is 0 Å². The quantitative estimate of drug-likeness (QED) is 0.426. The molecule has 1 fully saturated rings. The maximum Gasteiger partial charge on any atom is 0.243 e. The highest BCUT2D eigenvalue weighted by Crippen LogP contribution is 2.13. The van der Waals surface area contributed by atoms with Crippen molar-refractivity contribution in [2.75, 3.05) is 33.2 Å². The third-order valence-corrected chi connectivity index (χ3v) is 6.08. The lowest BCUT2D eigenvalue weighted by atomic mass is 10.0. The molecule has 10 heteroatoms. The van der Waals surface area contributed by atoms with E-state index >= 15 is 0 Å². The molecule has 194 valence electrons. The van der Waals surface area contributed by atoms with Crippen LogP contribution in [-0.4, -0.2) is 78.0 Å². The van der Waals surface area contributed by atoms with Gasteiger partial charge in [0.25, 0.3) is 0 Å². The van der Waals surface area contributed by atoms with Gasteiger partial charge in [0.05, 0.1) is 18.7 Å². The fourth-order valence-electron chi connectivity index (χ4n) is 4.07. The standard InChI is InChI=1S/C26H32F2N4O4/c1-3-17-5-4-6-18(7-17)12-29-13-23(33)22(10-19-8-20(27)11-21(28)9-19)30-24(34)14-32-16-25(35)31(2)15-26(32)36/h4-9,11,22-23,29,33H,3,10,12-16H2,1-2H3,(H,30,34)/t22-,23-/m0/s1. The number of hydrogen-bond acceptors (Lipinski definition) is 5. The fourth-order valence-corrected chi connectivity index (χ4v) is 4.07. The van der Waals surface area contributed by atoms with Crippen molar-refractivity contribution < 1.29 is 28.3 Å². The first kappa shape index (κ1) is 27.2. The van der Waals surface area contributed by atoms with Gasteiger partial charge in [0.2, 0.25) is 17.7 Å². The number of piperazine rings is 1. The van der Waals surface area contributed by atoms with E-state index < -0.39 is 29.7 Å². The molecule has 1 saturated heterocycles. The zero-order chi connectivity index (χ0) is 26.2. The summed E-state index contributed by atoms with van der Waals surface area (Å²) in [6, 6.07) is 10.1. The molecule has 3 N–H and O–H groups in total. The van der Waals surface area contributed by atoms with Crippen LogP contribution in [0.1, 0.15) is 23.6 Å². The van der Waals surface area contributed by atoms with E-state index in [1.165, 1.54) is 17.5 Å². The number of benzene rings is 2. The van der Waals surface area contributed by atoms with Gasteiger partial charge in [-0.25, -0.2) is 8.78 Å². The van der Waals surface area contributed by atoms with E-state index in [-0.39, 0.29) is 50.0 Å². The minimum atomic E-state index is -1.10. The van der Waals surface area contributed by atoms with Gasteiger partial charge < -0.3 is 25.5 Å². The Morgan fingerprint density at radius 1 is 1.03 bits per heavy atom. The number of aliphatic hydroxyl groups is 1. The highest BCUT2D eigenvalue weighted by Gasteiger charge is 2.30. The zero-order valence-corrected chi connectivity index (χ0v) is 20.5. The lowest BCUT2D eigenvalue weighted by molar-refractivity contribution is -0.150. The van der Waals surface area contributed by atoms with Crippen molar-refractivity contribution >= 4 is 17.7 Å². The first-order valence-electron chi connectivity index (χ1n) is 11.9. The third-order valence-electron chi connectivity index (χ3n) is 6.08. The molecular formula is C26H32F2N4O4. The molecule has 8 nitrogen and oxygen atoms in total. The number of likely N-dealkylation sites (N-methyl/N-ethyl adjacent to an activating group) is 1. The van der Waals surface area contributed by atoms with Crippen LogP contribution in [0.4, 0.5) is 8.78 Å². The summed E-state index contributed by atoms with van der Waals surface area (Å²) in [4.78, 5) is 39.3. The average Bonchev–Trinajstić information content (AvgIpc) is 2.81. The van der Waals surface area contributed by atoms with Crippen molar-refractivity contribution in [3.05, 3.63) is 70.8 Å². The summed E-state index contributed by atoms with van der Waals surface area (Å²) in [5, 5.41) is 16.7. The summed E-state index contributed by atoms with van der Waals surface area (Å²) in [5.74, 6) is -2.77. The Kier molecular flexibility index (Phi) is 9.49. The second kappa shape index (κ2) is 12.5. The van der Waals surface area contributed by atoms with Gasteiger partial charge in [0, 0.05) is 26.2 Å². The number of aryl methyl sites for hydroxylation is 1. The van der Waals surface area contributed by atoms with E-state index in [2.05, 4.69) is 23.6 Å². The van der Waals surface area contributed by atoms with Crippen LogP contribution in [-0.2, 0) is 33.8 Å². The predicted octanol–water partition coefficient (Wildman–Crippen LogP) is 1.01. The lowest BCUT2D eigenvalue weighted by Crippen LogP contribution is -2.56. The van der Waals surface area contributed by atoms with Gasteiger partial charge in [-0.1, -0.05) is 31.2 Å². The SMILES string of the molecule is CCc1cccc(CNC[C@H](O)[C@H](Cc2cc(F)cc(F)c2)NC(=O)CN2CC(=O)N(C)CC2=O)c1. The van der Waals surface area contributed by atoms with Crippen molar-refractivity contribution in [2.24, 2.45) is 0 Å². The summed E-state index contributed by atoms with van der Waals surface area (Å²) in [7, 11) is 1.51. The van der Waals surface area contributed by atoms with Crippen molar-refractivity contribution in [2.45, 2.75) is 38.5 Å². The van der Waals surface area contributed by atoms with Crippen LogP contribution in [0, 0.1) is 11.6 Å². The average molecular weight is 503 g/mol. The maximum absolute atomic E-state index is 13.7. The van der Waals surface area contributed by atoms with Crippen molar-refractivity contribution in [1.29, 1.82) is 0 Å². The summed E-state index contributed by atoms with van der Waals surface area (Å²) >= 11 is 0. The van der Waals surface area contributed by atoms with Crippen LogP contribution in [0.15, 0.2) is 42.5 Å². The van der Waals surface area contributed by atoms with Gasteiger partial charge in [-0.2, -0.15) is 0 Å². The topological polar surface area (TPSA) is 102 Å². The van der Waals surface area contributed by atoms with Crippen molar-refractivity contribution in [3.8, 4) is 0 Å². The third kappa shape index (κ3) is 7.82. The largest absolute Gasteiger partial charge is 0.390 e. The molecule has 2 atom stereocenters. The predicted molar refractivity (Wildman–Crippen MR) is 130 cm³/mol. The van der Waals surface area contributed by atoms with Crippen LogP contribution in [0.2, 0.25) is 0 Å². The fraction of sp³-hybridized carbons (Fsp3) is 0.423. The molecule has 36 heavy (non-hydrogen) atoms. The van der Waals surface area contributed by atoms with Crippen molar-refractivity contribution in [3.63, 3.8) is 0 Å². The monoisotopic (exact) mass is 502 g/mol. The highest BCUT2D eigenvalue weighted by molar-refractivity contribution is 5.94. The van der Waals surface area contributed by atoms with Gasteiger partial charge in [0.15, 0.2) is 0 Å². The van der Waals surface area contributed by atoms with E-state index in [9.17, 15) is 28.3 Å². The Morgan fingerprint density at radius 3 is 2.42 bits per heavy atom. The summed E-state index contributed by atoms with van der Waals surface area (Å²) < 4.78 is 27.5. The summed E-state index contributed by atoms with van der Waals surface area (Å²) in [6.45, 7) is 1.94. The molecule has 3 amide bonds. The lowest BCUT2D eigenvalue weighted by Gasteiger charge is -2.32. The minimum Gasteiger partial charge on any atom is -0.390 e. The van der Waals surface area contributed by atoms with Gasteiger partial charge in [-0.3, -0.25) is 14.4 Å². The Balaban J connectivity index is 1.65. The van der Waals surface area contributed by atoms with Crippen LogP contribution in [0.25, 0.3) is 0 Å². The number of amides is 3. The number of carbonyl (C=O) groups excluding carboxylic acids is 3. The second-order valence-electron chi connectivity index (χ2n) is 9.03. The zero-order valence-electron chi connectivity index (χ0n) is 20.5. The Labute approximate surface area is 209 Å². The molecule has 1 aliphatic rings. The van der Waals surface area contributed by atoms with E-state index in [1.807, 2.05) is 18.2 Å². The molecule has 1 heterocycles. The molecule has 0 bridgehead atoms. The van der Waals surface area contributed by atoms with E-state index in [1.54, 1.807) is 0 Å². The van der Waals surface area contributed by atoms with Crippen molar-refractivity contribution in [1.82, 2.24) is 20.4 Å². The highest BCUT2D eigenvalue weighted by atomic mass is 19.1. The molecule has 2 aromatic carbocycles. The molecule has 0 saturated carbocycles. The normalized spacial score (nSPS) is 15.7. The Bertz CT molecular complexity index is 1080. The number of hydrogen-bond donors (Lipinski definition) is 3. The van der Waals surface area contributed by atoms with Gasteiger partial charge in [-0.15, -0.1) is 0 Å². The smallest absolute Gasteiger partial charge is 0.243 e. The Hall–Kier alpha value is -3.37. The molecule has 0 aromatic heterocycles. The number of aliphatic hydroxyl groups excluding tert-OH is 1. The molecule has 0 unspecified atom stereocenters. The van der Waals surface area contributed by atoms with E-state index in [0.29, 0.717) is 6.54 Å². The second-order valence-corrected chi connectivity index (χ2v) is 9.03. The molecule has 2 aromatic rings. The number of nitrogens with zero attached hydrogens (tertiary/aromatic N) is 2. The first-order chi connectivity index (χ1) is 17.1. The molecule has 0 spiro atoms. The van der Waals surface area contributed by atoms with Gasteiger partial charge in [-0.05, 0) is 41.7 Å². The number of rotatable bonds is 11. The Morgan fingerprint density at radius 2 is 1.72 bits per heavy atom. The maximum atomic E-state index is 13.7. The van der Waals surface area contributed by atoms with Crippen LogP contribution in [0.5, 0.6) is 0 Å². The number of nitrogens with one attached hydrogen (secondary N) is 2. The van der Waals surface area contributed by atoms with Crippen LogP contribution < -0.4 is 10.6 Å². The van der Waals surface area contributed by atoms with Crippen LogP contribution in [0.3, 0.4) is 0 Å². The molecule has 1 aliphatic heterocycles. The number of carbonyl (C=O) groups is 3. The minimum absolute atomic E-state index is 0.0375. The molecule has 3 rings (SSSR count).